The summed E-state index contributed by atoms with van der Waals surface area (Å²) >= 11 is 0. The molecule has 256 valence electrons. The molecule has 11 rings (SSSR count). The number of furan rings is 1. The number of nitrogens with zero attached hydrogens (tertiary/aromatic N) is 2. The summed E-state index contributed by atoms with van der Waals surface area (Å²) in [4.78, 5) is 0. The van der Waals surface area contributed by atoms with Crippen LogP contribution < -0.4 is 4.74 Å². The predicted octanol–water partition coefficient (Wildman–Crippen LogP) is 13.1. The van der Waals surface area contributed by atoms with Gasteiger partial charge < -0.3 is 18.3 Å². The van der Waals surface area contributed by atoms with Crippen LogP contribution >= 0.6 is 0 Å². The molecule has 0 unspecified atom stereocenters. The zero-order chi connectivity index (χ0) is 35.9. The number of rotatable bonds is 3. The Balaban J connectivity index is 1.03. The minimum atomic E-state index is 0.449. The van der Waals surface area contributed by atoms with Gasteiger partial charge in [-0.05, 0) is 115 Å². The summed E-state index contributed by atoms with van der Waals surface area (Å²) in [6.07, 6.45) is 6.39. The van der Waals surface area contributed by atoms with Crippen molar-refractivity contribution >= 4 is 76.7 Å². The lowest BCUT2D eigenvalue weighted by atomic mass is 9.97. The van der Waals surface area contributed by atoms with E-state index in [1.54, 1.807) is 0 Å². The van der Waals surface area contributed by atoms with Crippen LogP contribution in [0.4, 0.5) is 0 Å². The van der Waals surface area contributed by atoms with E-state index in [4.69, 9.17) is 9.15 Å². The number of benzene rings is 7. The minimum absolute atomic E-state index is 0.449. The number of ether oxygens (including phenoxy) is 1. The quantitative estimate of drug-likeness (QED) is 0.184. The molecule has 54 heavy (non-hydrogen) atoms. The van der Waals surface area contributed by atoms with Gasteiger partial charge in [0.1, 0.15) is 23.5 Å². The highest BCUT2D eigenvalue weighted by molar-refractivity contribution is 6.12. The zero-order valence-corrected chi connectivity index (χ0v) is 29.7. The fraction of sp³-hybridized carbons (Fsp3) is 0.0400. The van der Waals surface area contributed by atoms with Crippen molar-refractivity contribution in [2.24, 2.45) is 0 Å². The van der Waals surface area contributed by atoms with Crippen LogP contribution in [0.15, 0.2) is 175 Å². The predicted molar refractivity (Wildman–Crippen MR) is 225 cm³/mol. The largest absolute Gasteiger partial charge is 0.489 e. The summed E-state index contributed by atoms with van der Waals surface area (Å²) in [5, 5.41) is 7.14. The van der Waals surface area contributed by atoms with Crippen molar-refractivity contribution in [1.29, 1.82) is 0 Å². The normalized spacial score (nSPS) is 15.0. The second kappa shape index (κ2) is 11.7. The standard InChI is InChI=1S/C50H34N2O2/c1-31-17-21-47-41(26-31)39-13-5-8-16-46(39)52(47)35-19-23-48-40(29-35)32(2)27-33(10-9-25-53-48)34-18-22-49-42(28-34)43-30-36(20-24-50(43)54-49)51-44-14-6-3-11-37(44)38-12-4-7-15-45(38)51/h3-24,26-30H,2,25H2,1H3/b10-9-,33-27+. The van der Waals surface area contributed by atoms with Gasteiger partial charge in [0.2, 0.25) is 0 Å². The molecule has 0 saturated heterocycles. The maximum Gasteiger partial charge on any atom is 0.135 e. The lowest BCUT2D eigenvalue weighted by Gasteiger charge is -2.15. The lowest BCUT2D eigenvalue weighted by Crippen LogP contribution is -1.99. The first-order valence-corrected chi connectivity index (χ1v) is 18.4. The number of aryl methyl sites for hydroxylation is 1. The molecule has 0 radical (unpaired) electrons. The van der Waals surface area contributed by atoms with E-state index in [-0.39, 0.29) is 0 Å². The van der Waals surface area contributed by atoms with Gasteiger partial charge in [0.15, 0.2) is 0 Å². The molecular weight excluding hydrogens is 661 g/mol. The monoisotopic (exact) mass is 694 g/mol. The molecule has 0 fully saturated rings. The average molecular weight is 695 g/mol. The lowest BCUT2D eigenvalue weighted by molar-refractivity contribution is 0.362. The van der Waals surface area contributed by atoms with Crippen LogP contribution in [-0.2, 0) is 0 Å². The number of fused-ring (bicyclic) bond motifs is 10. The van der Waals surface area contributed by atoms with E-state index in [1.807, 2.05) is 0 Å². The molecule has 3 aromatic heterocycles. The zero-order valence-electron chi connectivity index (χ0n) is 29.7. The molecular formula is C50H34N2O2. The first kappa shape index (κ1) is 30.6. The molecule has 0 amide bonds. The summed E-state index contributed by atoms with van der Waals surface area (Å²) in [6.45, 7) is 7.20. The topological polar surface area (TPSA) is 32.2 Å². The summed E-state index contributed by atoms with van der Waals surface area (Å²) in [7, 11) is 0. The Morgan fingerprint density at radius 2 is 1.13 bits per heavy atom. The molecule has 4 nitrogen and oxygen atoms in total. The Labute approximate surface area is 311 Å². The second-order valence-corrected chi connectivity index (χ2v) is 14.3. The van der Waals surface area contributed by atoms with Gasteiger partial charge in [-0.2, -0.15) is 0 Å². The summed E-state index contributed by atoms with van der Waals surface area (Å²) in [6, 6.07) is 52.0. The fourth-order valence-electron chi connectivity index (χ4n) is 8.49. The highest BCUT2D eigenvalue weighted by atomic mass is 16.5. The van der Waals surface area contributed by atoms with Crippen LogP contribution in [0.25, 0.3) is 88.1 Å². The van der Waals surface area contributed by atoms with Crippen LogP contribution in [0.5, 0.6) is 5.75 Å². The Kier molecular flexibility index (Phi) is 6.65. The molecule has 4 heterocycles. The number of allylic oxidation sites excluding steroid dienone is 4. The van der Waals surface area contributed by atoms with Crippen LogP contribution in [-0.4, -0.2) is 15.7 Å². The molecule has 0 saturated carbocycles. The first-order chi connectivity index (χ1) is 26.6. The van der Waals surface area contributed by atoms with E-state index in [0.717, 1.165) is 61.3 Å². The summed E-state index contributed by atoms with van der Waals surface area (Å²) < 4.78 is 17.4. The molecule has 0 atom stereocenters. The van der Waals surface area contributed by atoms with Gasteiger partial charge in [-0.15, -0.1) is 0 Å². The Bertz CT molecular complexity index is 3200. The van der Waals surface area contributed by atoms with Gasteiger partial charge in [-0.3, -0.25) is 0 Å². The van der Waals surface area contributed by atoms with Crippen molar-refractivity contribution in [3.63, 3.8) is 0 Å². The van der Waals surface area contributed by atoms with Crippen molar-refractivity contribution in [2.45, 2.75) is 6.92 Å². The summed E-state index contributed by atoms with van der Waals surface area (Å²) in [5.74, 6) is 0.816. The molecule has 0 N–H and O–H groups in total. The van der Waals surface area contributed by atoms with Crippen LogP contribution in [0.1, 0.15) is 16.7 Å². The molecule has 0 bridgehead atoms. The van der Waals surface area contributed by atoms with Crippen molar-refractivity contribution in [3.05, 3.63) is 187 Å². The first-order valence-electron chi connectivity index (χ1n) is 18.4. The van der Waals surface area contributed by atoms with Gasteiger partial charge in [0.05, 0.1) is 22.1 Å². The Morgan fingerprint density at radius 1 is 0.537 bits per heavy atom. The van der Waals surface area contributed by atoms with Crippen molar-refractivity contribution in [2.75, 3.05) is 6.61 Å². The molecule has 7 aromatic carbocycles. The van der Waals surface area contributed by atoms with E-state index in [9.17, 15) is 0 Å². The molecule has 0 spiro atoms. The van der Waals surface area contributed by atoms with E-state index >= 15 is 0 Å². The molecule has 1 aliphatic rings. The SMILES string of the molecule is C=C1/C=C(c2ccc3oc4ccc(-n5c6ccccc6c6ccccc65)cc4c3c2)\C=C/COc2ccc(-n3c4ccccc4c4cc(C)ccc43)cc21. The molecule has 0 aliphatic carbocycles. The average Bonchev–Trinajstić information content (AvgIpc) is 3.87. The second-order valence-electron chi connectivity index (χ2n) is 14.3. The summed E-state index contributed by atoms with van der Waals surface area (Å²) in [5.41, 5.74) is 13.9. The maximum absolute atomic E-state index is 6.40. The Morgan fingerprint density at radius 3 is 1.85 bits per heavy atom. The third kappa shape index (κ3) is 4.63. The van der Waals surface area contributed by atoms with Gasteiger partial charge in [0, 0.05) is 49.3 Å². The highest BCUT2D eigenvalue weighted by Crippen LogP contribution is 2.39. The van der Waals surface area contributed by atoms with Gasteiger partial charge in [-0.25, -0.2) is 0 Å². The molecule has 4 heteroatoms. The maximum atomic E-state index is 6.40. The van der Waals surface area contributed by atoms with Gasteiger partial charge in [-0.1, -0.05) is 84.9 Å². The fourth-order valence-corrected chi connectivity index (χ4v) is 8.49. The number of hydrogen-bond acceptors (Lipinski definition) is 2. The minimum Gasteiger partial charge on any atom is -0.489 e. The number of para-hydroxylation sites is 3. The van der Waals surface area contributed by atoms with Gasteiger partial charge in [0.25, 0.3) is 0 Å². The van der Waals surface area contributed by atoms with Gasteiger partial charge >= 0.3 is 0 Å². The van der Waals surface area contributed by atoms with E-state index in [0.29, 0.717) is 6.61 Å². The molecule has 10 aromatic rings. The smallest absolute Gasteiger partial charge is 0.135 e. The van der Waals surface area contributed by atoms with Crippen molar-refractivity contribution < 1.29 is 9.15 Å². The molecule has 1 aliphatic heterocycles. The Hall–Kier alpha value is -7.04. The van der Waals surface area contributed by atoms with Crippen LogP contribution in [0, 0.1) is 6.92 Å². The van der Waals surface area contributed by atoms with E-state index < -0.39 is 0 Å². The third-order valence-electron chi connectivity index (χ3n) is 11.0. The van der Waals surface area contributed by atoms with Crippen LogP contribution in [0.3, 0.4) is 0 Å². The van der Waals surface area contributed by atoms with Crippen LogP contribution in [0.2, 0.25) is 0 Å². The van der Waals surface area contributed by atoms with Crippen molar-refractivity contribution in [3.8, 4) is 17.1 Å². The van der Waals surface area contributed by atoms with E-state index in [1.165, 1.54) is 49.2 Å². The number of hydrogen-bond donors (Lipinski definition) is 0. The van der Waals surface area contributed by atoms with E-state index in [2.05, 4.69) is 186 Å². The van der Waals surface area contributed by atoms with Crippen molar-refractivity contribution in [1.82, 2.24) is 9.13 Å². The highest BCUT2D eigenvalue weighted by Gasteiger charge is 2.18. The number of aromatic nitrogens is 2. The third-order valence-corrected chi connectivity index (χ3v) is 11.0.